The zero-order valence-electron chi connectivity index (χ0n) is 12.7. The van der Waals surface area contributed by atoms with E-state index in [1.54, 1.807) is 0 Å². The number of hydrogen-bond acceptors (Lipinski definition) is 2. The van der Waals surface area contributed by atoms with Crippen LogP contribution < -0.4 is 5.32 Å². The monoisotopic (exact) mass is 272 g/mol. The Morgan fingerprint density at radius 1 is 1.15 bits per heavy atom. The fraction of sp³-hybridized carbons (Fsp3) is 0.667. The Balaban J connectivity index is 1.57. The van der Waals surface area contributed by atoms with Gasteiger partial charge in [0.05, 0.1) is 0 Å². The standard InChI is InChI=1S/C18H28N2/c1-15(12-16-6-3-2-4-7-16)20(13-17-9-10-17)14-18-8-5-11-19-18/h2-4,6-7,15,17-19H,5,8-14H2,1H3. The molecule has 0 bridgehead atoms. The van der Waals surface area contributed by atoms with E-state index in [1.807, 2.05) is 0 Å². The molecular weight excluding hydrogens is 244 g/mol. The fourth-order valence-electron chi connectivity index (χ4n) is 3.35. The van der Waals surface area contributed by atoms with E-state index in [-0.39, 0.29) is 0 Å². The lowest BCUT2D eigenvalue weighted by molar-refractivity contribution is 0.182. The molecule has 3 rings (SSSR count). The maximum atomic E-state index is 3.66. The summed E-state index contributed by atoms with van der Waals surface area (Å²) in [5.74, 6) is 0.981. The molecule has 1 heterocycles. The maximum absolute atomic E-state index is 3.66. The predicted molar refractivity (Wildman–Crippen MR) is 84.9 cm³/mol. The molecule has 2 aliphatic rings. The van der Waals surface area contributed by atoms with Gasteiger partial charge in [0, 0.05) is 25.2 Å². The van der Waals surface area contributed by atoms with E-state index in [2.05, 4.69) is 47.5 Å². The molecule has 0 amide bonds. The molecule has 2 atom stereocenters. The molecule has 110 valence electrons. The van der Waals surface area contributed by atoms with Crippen LogP contribution in [-0.4, -0.2) is 36.6 Å². The van der Waals surface area contributed by atoms with Gasteiger partial charge in [0.1, 0.15) is 0 Å². The van der Waals surface area contributed by atoms with Crippen LogP contribution in [0.15, 0.2) is 30.3 Å². The Bertz CT molecular complexity index is 393. The summed E-state index contributed by atoms with van der Waals surface area (Å²) in [6, 6.07) is 12.3. The van der Waals surface area contributed by atoms with Crippen LogP contribution in [0.25, 0.3) is 0 Å². The summed E-state index contributed by atoms with van der Waals surface area (Å²) in [7, 11) is 0. The number of rotatable bonds is 7. The normalized spacial score (nSPS) is 24.2. The molecule has 2 nitrogen and oxygen atoms in total. The molecule has 1 aliphatic heterocycles. The van der Waals surface area contributed by atoms with Crippen LogP contribution in [0.5, 0.6) is 0 Å². The Kier molecular flexibility index (Phi) is 4.74. The first kappa shape index (κ1) is 14.1. The molecule has 1 N–H and O–H groups in total. The third-order valence-corrected chi connectivity index (χ3v) is 4.80. The Morgan fingerprint density at radius 2 is 1.95 bits per heavy atom. The Hall–Kier alpha value is -0.860. The van der Waals surface area contributed by atoms with Crippen molar-refractivity contribution in [1.82, 2.24) is 10.2 Å². The molecule has 0 spiro atoms. The minimum absolute atomic E-state index is 0.653. The van der Waals surface area contributed by atoms with E-state index < -0.39 is 0 Å². The molecule has 2 fully saturated rings. The van der Waals surface area contributed by atoms with Gasteiger partial charge in [-0.2, -0.15) is 0 Å². The van der Waals surface area contributed by atoms with Crippen LogP contribution >= 0.6 is 0 Å². The van der Waals surface area contributed by atoms with E-state index in [0.29, 0.717) is 6.04 Å². The fourth-order valence-corrected chi connectivity index (χ4v) is 3.35. The summed E-state index contributed by atoms with van der Waals surface area (Å²) in [4.78, 5) is 2.74. The van der Waals surface area contributed by atoms with Gasteiger partial charge in [0.2, 0.25) is 0 Å². The second-order valence-corrected chi connectivity index (χ2v) is 6.73. The van der Waals surface area contributed by atoms with E-state index in [4.69, 9.17) is 0 Å². The lowest BCUT2D eigenvalue weighted by atomic mass is 10.0. The summed E-state index contributed by atoms with van der Waals surface area (Å²) in [6.07, 6.45) is 6.80. The molecule has 2 heteroatoms. The molecule has 1 aromatic rings. The average molecular weight is 272 g/mol. The largest absolute Gasteiger partial charge is 0.313 e. The van der Waals surface area contributed by atoms with Gasteiger partial charge in [0.25, 0.3) is 0 Å². The smallest absolute Gasteiger partial charge is 0.0195 e. The Morgan fingerprint density at radius 3 is 2.60 bits per heavy atom. The van der Waals surface area contributed by atoms with Crippen LogP contribution in [-0.2, 0) is 6.42 Å². The zero-order valence-corrected chi connectivity index (χ0v) is 12.7. The van der Waals surface area contributed by atoms with Gasteiger partial charge in [-0.05, 0) is 57.1 Å². The maximum Gasteiger partial charge on any atom is 0.0195 e. The highest BCUT2D eigenvalue weighted by atomic mass is 15.2. The first-order chi connectivity index (χ1) is 9.81. The van der Waals surface area contributed by atoms with Crippen molar-refractivity contribution < 1.29 is 0 Å². The molecule has 0 radical (unpaired) electrons. The summed E-state index contributed by atoms with van der Waals surface area (Å²) in [5, 5.41) is 3.66. The van der Waals surface area contributed by atoms with Crippen molar-refractivity contribution in [2.24, 2.45) is 5.92 Å². The number of nitrogens with zero attached hydrogens (tertiary/aromatic N) is 1. The predicted octanol–water partition coefficient (Wildman–Crippen LogP) is 3.08. The van der Waals surface area contributed by atoms with Crippen molar-refractivity contribution in [3.63, 3.8) is 0 Å². The lowest BCUT2D eigenvalue weighted by Gasteiger charge is -2.31. The highest BCUT2D eigenvalue weighted by Gasteiger charge is 2.28. The minimum Gasteiger partial charge on any atom is -0.313 e. The second kappa shape index (κ2) is 6.73. The van der Waals surface area contributed by atoms with Crippen LogP contribution in [0.1, 0.15) is 38.2 Å². The van der Waals surface area contributed by atoms with E-state index in [0.717, 1.165) is 12.0 Å². The number of benzene rings is 1. The number of hydrogen-bond donors (Lipinski definition) is 1. The van der Waals surface area contributed by atoms with Crippen molar-refractivity contribution in [3.8, 4) is 0 Å². The summed E-state index contributed by atoms with van der Waals surface area (Å²) in [6.45, 7) is 6.18. The van der Waals surface area contributed by atoms with Crippen molar-refractivity contribution in [3.05, 3.63) is 35.9 Å². The molecule has 1 saturated carbocycles. The van der Waals surface area contributed by atoms with Crippen molar-refractivity contribution >= 4 is 0 Å². The van der Waals surface area contributed by atoms with E-state index in [9.17, 15) is 0 Å². The molecular formula is C18H28N2. The second-order valence-electron chi connectivity index (χ2n) is 6.73. The van der Waals surface area contributed by atoms with Crippen LogP contribution in [0, 0.1) is 5.92 Å². The van der Waals surface area contributed by atoms with Gasteiger partial charge in [-0.25, -0.2) is 0 Å². The molecule has 20 heavy (non-hydrogen) atoms. The minimum atomic E-state index is 0.653. The molecule has 1 saturated heterocycles. The van der Waals surface area contributed by atoms with Crippen molar-refractivity contribution in [2.75, 3.05) is 19.6 Å². The van der Waals surface area contributed by atoms with Gasteiger partial charge in [0.15, 0.2) is 0 Å². The topological polar surface area (TPSA) is 15.3 Å². The highest BCUT2D eigenvalue weighted by Crippen LogP contribution is 2.31. The molecule has 1 aromatic carbocycles. The van der Waals surface area contributed by atoms with Gasteiger partial charge >= 0.3 is 0 Å². The SMILES string of the molecule is CC(Cc1ccccc1)N(CC1CC1)CC1CCCN1. The zero-order chi connectivity index (χ0) is 13.8. The van der Waals surface area contributed by atoms with Crippen molar-refractivity contribution in [1.29, 1.82) is 0 Å². The molecule has 2 unspecified atom stereocenters. The van der Waals surface area contributed by atoms with Gasteiger partial charge in [-0.1, -0.05) is 30.3 Å². The molecule has 1 aliphatic carbocycles. The number of nitrogens with one attached hydrogen (secondary N) is 1. The molecule has 0 aromatic heterocycles. The van der Waals surface area contributed by atoms with Gasteiger partial charge < -0.3 is 5.32 Å². The Labute approximate surface area is 123 Å². The highest BCUT2D eigenvalue weighted by molar-refractivity contribution is 5.15. The first-order valence-corrected chi connectivity index (χ1v) is 8.32. The first-order valence-electron chi connectivity index (χ1n) is 8.32. The van der Waals surface area contributed by atoms with Crippen LogP contribution in [0.3, 0.4) is 0 Å². The van der Waals surface area contributed by atoms with Crippen molar-refractivity contribution in [2.45, 2.75) is 51.1 Å². The average Bonchev–Trinajstić information content (AvgIpc) is 3.13. The third-order valence-electron chi connectivity index (χ3n) is 4.80. The van der Waals surface area contributed by atoms with Gasteiger partial charge in [-0.15, -0.1) is 0 Å². The van der Waals surface area contributed by atoms with E-state index in [1.165, 1.54) is 57.3 Å². The van der Waals surface area contributed by atoms with Gasteiger partial charge in [-0.3, -0.25) is 4.90 Å². The summed E-state index contributed by atoms with van der Waals surface area (Å²) < 4.78 is 0. The van der Waals surface area contributed by atoms with Crippen LogP contribution in [0.4, 0.5) is 0 Å². The summed E-state index contributed by atoms with van der Waals surface area (Å²) in [5.41, 5.74) is 1.47. The van der Waals surface area contributed by atoms with Crippen LogP contribution in [0.2, 0.25) is 0 Å². The summed E-state index contributed by atoms with van der Waals surface area (Å²) >= 11 is 0. The van der Waals surface area contributed by atoms with E-state index >= 15 is 0 Å². The quantitative estimate of drug-likeness (QED) is 0.820. The third kappa shape index (κ3) is 4.07. The lowest BCUT2D eigenvalue weighted by Crippen LogP contribution is -2.44.